The zero-order valence-corrected chi connectivity index (χ0v) is 13.6. The second-order valence-electron chi connectivity index (χ2n) is 4.41. The van der Waals surface area contributed by atoms with Gasteiger partial charge in [-0.2, -0.15) is 5.26 Å². The molecule has 0 heterocycles. The fourth-order valence-electron chi connectivity index (χ4n) is 1.99. The van der Waals surface area contributed by atoms with Gasteiger partial charge >= 0.3 is 0 Å². The van der Waals surface area contributed by atoms with E-state index in [0.29, 0.717) is 32.7 Å². The van der Waals surface area contributed by atoms with Crippen LogP contribution in [0.15, 0.2) is 36.4 Å². The SMILES string of the molecule is COc1ccc(/C=C(\C#N)c2ccc(Cl)cc2Cl)cc1OC. The number of ether oxygens (including phenoxy) is 2. The first-order valence-corrected chi connectivity index (χ1v) is 7.14. The van der Waals surface area contributed by atoms with Crippen molar-refractivity contribution >= 4 is 34.9 Å². The maximum Gasteiger partial charge on any atom is 0.161 e. The van der Waals surface area contributed by atoms with Gasteiger partial charge in [0.25, 0.3) is 0 Å². The lowest BCUT2D eigenvalue weighted by Crippen LogP contribution is -1.91. The Morgan fingerprint density at radius 3 is 2.36 bits per heavy atom. The Morgan fingerprint density at radius 2 is 1.77 bits per heavy atom. The van der Waals surface area contributed by atoms with Gasteiger partial charge in [-0.3, -0.25) is 0 Å². The van der Waals surface area contributed by atoms with E-state index in [1.807, 2.05) is 6.07 Å². The molecule has 0 atom stereocenters. The normalized spacial score (nSPS) is 11.0. The highest BCUT2D eigenvalue weighted by Gasteiger charge is 2.09. The van der Waals surface area contributed by atoms with E-state index >= 15 is 0 Å². The maximum atomic E-state index is 9.40. The van der Waals surface area contributed by atoms with Crippen molar-refractivity contribution in [3.8, 4) is 17.6 Å². The summed E-state index contributed by atoms with van der Waals surface area (Å²) in [6.45, 7) is 0. The second-order valence-corrected chi connectivity index (χ2v) is 5.25. The molecule has 2 aromatic rings. The number of benzene rings is 2. The van der Waals surface area contributed by atoms with Gasteiger partial charge in [0.1, 0.15) is 0 Å². The third kappa shape index (κ3) is 3.54. The largest absolute Gasteiger partial charge is 0.493 e. The zero-order valence-electron chi connectivity index (χ0n) is 12.1. The quantitative estimate of drug-likeness (QED) is 0.579. The fraction of sp³-hybridized carbons (Fsp3) is 0.118. The summed E-state index contributed by atoms with van der Waals surface area (Å²) >= 11 is 12.0. The molecule has 3 nitrogen and oxygen atoms in total. The molecule has 112 valence electrons. The van der Waals surface area contributed by atoms with E-state index in [0.717, 1.165) is 5.56 Å². The molecule has 0 N–H and O–H groups in total. The van der Waals surface area contributed by atoms with Gasteiger partial charge in [-0.15, -0.1) is 0 Å². The molecular formula is C17H13Cl2NO2. The van der Waals surface area contributed by atoms with Gasteiger partial charge < -0.3 is 9.47 Å². The molecule has 0 radical (unpaired) electrons. The number of nitriles is 1. The highest BCUT2D eigenvalue weighted by Crippen LogP contribution is 2.31. The third-order valence-electron chi connectivity index (χ3n) is 3.06. The molecule has 0 amide bonds. The smallest absolute Gasteiger partial charge is 0.161 e. The van der Waals surface area contributed by atoms with E-state index < -0.39 is 0 Å². The van der Waals surface area contributed by atoms with E-state index in [9.17, 15) is 5.26 Å². The Kier molecular flexibility index (Phi) is 5.32. The Bertz CT molecular complexity index is 764. The van der Waals surface area contributed by atoms with Crippen molar-refractivity contribution in [2.24, 2.45) is 0 Å². The number of nitrogens with zero attached hydrogens (tertiary/aromatic N) is 1. The molecule has 5 heteroatoms. The maximum absolute atomic E-state index is 9.40. The van der Waals surface area contributed by atoms with Crippen molar-refractivity contribution in [3.05, 3.63) is 57.6 Å². The van der Waals surface area contributed by atoms with Crippen LogP contribution >= 0.6 is 23.2 Å². The number of hydrogen-bond donors (Lipinski definition) is 0. The average Bonchev–Trinajstić information content (AvgIpc) is 2.53. The molecule has 2 aromatic carbocycles. The van der Waals surface area contributed by atoms with Crippen LogP contribution < -0.4 is 9.47 Å². The van der Waals surface area contributed by atoms with Crippen molar-refractivity contribution in [3.63, 3.8) is 0 Å². The van der Waals surface area contributed by atoms with E-state index in [-0.39, 0.29) is 0 Å². The number of allylic oxidation sites excluding steroid dienone is 1. The van der Waals surface area contributed by atoms with Crippen LogP contribution in [0.2, 0.25) is 10.0 Å². The van der Waals surface area contributed by atoms with Gasteiger partial charge in [0.2, 0.25) is 0 Å². The molecule has 2 rings (SSSR count). The first kappa shape index (κ1) is 16.2. The second kappa shape index (κ2) is 7.22. The van der Waals surface area contributed by atoms with Gasteiger partial charge in [-0.1, -0.05) is 35.3 Å². The Hall–Kier alpha value is -2.15. The summed E-state index contributed by atoms with van der Waals surface area (Å²) in [5.74, 6) is 1.22. The van der Waals surface area contributed by atoms with E-state index in [1.54, 1.807) is 50.6 Å². The summed E-state index contributed by atoms with van der Waals surface area (Å²) < 4.78 is 10.4. The predicted octanol–water partition coefficient (Wildman–Crippen LogP) is 5.07. The average molecular weight is 334 g/mol. The van der Waals surface area contributed by atoms with E-state index in [1.165, 1.54) is 0 Å². The predicted molar refractivity (Wildman–Crippen MR) is 89.5 cm³/mol. The number of rotatable bonds is 4. The molecule has 0 saturated carbocycles. The summed E-state index contributed by atoms with van der Waals surface area (Å²) in [6, 6.07) is 12.6. The highest BCUT2D eigenvalue weighted by atomic mass is 35.5. The minimum atomic E-state index is 0.431. The summed E-state index contributed by atoms with van der Waals surface area (Å²) in [7, 11) is 3.13. The van der Waals surface area contributed by atoms with Crippen LogP contribution in [0.4, 0.5) is 0 Å². The van der Waals surface area contributed by atoms with Gasteiger partial charge in [0.15, 0.2) is 11.5 Å². The van der Waals surface area contributed by atoms with E-state index in [4.69, 9.17) is 32.7 Å². The van der Waals surface area contributed by atoms with Gasteiger partial charge in [-0.05, 0) is 35.9 Å². The molecule has 0 unspecified atom stereocenters. The Balaban J connectivity index is 2.47. The summed E-state index contributed by atoms with van der Waals surface area (Å²) in [4.78, 5) is 0. The minimum absolute atomic E-state index is 0.431. The standard InChI is InChI=1S/C17H13Cl2NO2/c1-21-16-6-3-11(8-17(16)22-2)7-12(10-20)14-5-4-13(18)9-15(14)19/h3-9H,1-2H3/b12-7+. The van der Waals surface area contributed by atoms with Crippen LogP contribution in [0.1, 0.15) is 11.1 Å². The number of halogens is 2. The summed E-state index contributed by atoms with van der Waals surface area (Å²) in [5, 5.41) is 10.4. The van der Waals surface area contributed by atoms with Crippen molar-refractivity contribution in [2.45, 2.75) is 0 Å². The summed E-state index contributed by atoms with van der Waals surface area (Å²) in [6.07, 6.45) is 1.73. The first-order valence-electron chi connectivity index (χ1n) is 6.38. The van der Waals surface area contributed by atoms with Crippen LogP contribution in [-0.2, 0) is 0 Å². The fourth-order valence-corrected chi connectivity index (χ4v) is 2.50. The van der Waals surface area contributed by atoms with Crippen LogP contribution in [0.5, 0.6) is 11.5 Å². The van der Waals surface area contributed by atoms with Crippen molar-refractivity contribution in [1.82, 2.24) is 0 Å². The van der Waals surface area contributed by atoms with Crippen LogP contribution in [0.25, 0.3) is 11.6 Å². The monoisotopic (exact) mass is 333 g/mol. The lowest BCUT2D eigenvalue weighted by atomic mass is 10.0. The summed E-state index contributed by atoms with van der Waals surface area (Å²) in [5.41, 5.74) is 1.87. The first-order chi connectivity index (χ1) is 10.6. The number of hydrogen-bond acceptors (Lipinski definition) is 3. The molecular weight excluding hydrogens is 321 g/mol. The van der Waals surface area contributed by atoms with Gasteiger partial charge in [0.05, 0.1) is 30.9 Å². The molecule has 0 fully saturated rings. The lowest BCUT2D eigenvalue weighted by molar-refractivity contribution is 0.355. The van der Waals surface area contributed by atoms with Crippen molar-refractivity contribution in [1.29, 1.82) is 5.26 Å². The topological polar surface area (TPSA) is 42.2 Å². The van der Waals surface area contributed by atoms with Gasteiger partial charge in [0, 0.05) is 10.6 Å². The Labute approximate surface area is 139 Å². The zero-order chi connectivity index (χ0) is 16.1. The van der Waals surface area contributed by atoms with Crippen LogP contribution in [-0.4, -0.2) is 14.2 Å². The third-order valence-corrected chi connectivity index (χ3v) is 3.61. The lowest BCUT2D eigenvalue weighted by Gasteiger charge is -2.08. The Morgan fingerprint density at radius 1 is 1.05 bits per heavy atom. The molecule has 0 bridgehead atoms. The number of methoxy groups -OCH3 is 2. The molecule has 0 aromatic heterocycles. The molecule has 0 aliphatic rings. The molecule has 0 spiro atoms. The highest BCUT2D eigenvalue weighted by molar-refractivity contribution is 6.36. The van der Waals surface area contributed by atoms with E-state index in [2.05, 4.69) is 6.07 Å². The molecule has 0 saturated heterocycles. The van der Waals surface area contributed by atoms with Crippen LogP contribution in [0, 0.1) is 11.3 Å². The molecule has 0 aliphatic carbocycles. The molecule has 22 heavy (non-hydrogen) atoms. The van der Waals surface area contributed by atoms with Crippen molar-refractivity contribution < 1.29 is 9.47 Å². The van der Waals surface area contributed by atoms with Crippen molar-refractivity contribution in [2.75, 3.05) is 14.2 Å². The molecule has 0 aliphatic heterocycles. The van der Waals surface area contributed by atoms with Gasteiger partial charge in [-0.25, -0.2) is 0 Å². The minimum Gasteiger partial charge on any atom is -0.493 e. The van der Waals surface area contributed by atoms with Crippen LogP contribution in [0.3, 0.4) is 0 Å².